The summed E-state index contributed by atoms with van der Waals surface area (Å²) in [6, 6.07) is 12.8. The fourth-order valence-electron chi connectivity index (χ4n) is 3.72. The third-order valence-corrected chi connectivity index (χ3v) is 6.77. The molecule has 0 aliphatic carbocycles. The fraction of sp³-hybridized carbons (Fsp3) is 0.278. The molecule has 2 aromatic rings. The van der Waals surface area contributed by atoms with Gasteiger partial charge >= 0.3 is 6.03 Å². The Morgan fingerprint density at radius 2 is 1.62 bits per heavy atom. The molecule has 0 spiro atoms. The average molecular weight is 393 g/mol. The summed E-state index contributed by atoms with van der Waals surface area (Å²) in [6.07, 6.45) is 0. The van der Waals surface area contributed by atoms with Crippen LogP contribution >= 0.6 is 11.6 Å². The van der Waals surface area contributed by atoms with Crippen LogP contribution in [0.3, 0.4) is 0 Å². The minimum atomic E-state index is -3.24. The summed E-state index contributed by atoms with van der Waals surface area (Å²) >= 11 is 5.95. The molecule has 6 nitrogen and oxygen atoms in total. The Morgan fingerprint density at radius 3 is 2.27 bits per heavy atom. The van der Waals surface area contributed by atoms with Gasteiger partial charge in [0.05, 0.1) is 36.4 Å². The molecule has 0 aromatic heterocycles. The van der Waals surface area contributed by atoms with Gasteiger partial charge in [0.15, 0.2) is 9.84 Å². The molecule has 2 amide bonds. The monoisotopic (exact) mass is 392 g/mol. The van der Waals surface area contributed by atoms with Crippen molar-refractivity contribution in [1.82, 2.24) is 0 Å². The summed E-state index contributed by atoms with van der Waals surface area (Å²) in [4.78, 5) is 16.4. The third kappa shape index (κ3) is 2.71. The third-order valence-electron chi connectivity index (χ3n) is 4.82. The second kappa shape index (κ2) is 6.17. The zero-order chi connectivity index (χ0) is 18.5. The van der Waals surface area contributed by atoms with E-state index in [1.54, 1.807) is 52.3 Å². The van der Waals surface area contributed by atoms with Crippen molar-refractivity contribution in [3.05, 3.63) is 53.6 Å². The number of halogens is 1. The summed E-state index contributed by atoms with van der Waals surface area (Å²) < 4.78 is 30.0. The first kappa shape index (κ1) is 17.2. The van der Waals surface area contributed by atoms with Gasteiger partial charge in [-0.1, -0.05) is 23.7 Å². The molecule has 2 aliphatic rings. The Balaban J connectivity index is 1.83. The van der Waals surface area contributed by atoms with E-state index in [9.17, 15) is 13.2 Å². The molecule has 2 unspecified atom stereocenters. The first-order chi connectivity index (χ1) is 12.4. The number of fused-ring (bicyclic) bond motifs is 1. The second-order valence-corrected chi connectivity index (χ2v) is 8.97. The van der Waals surface area contributed by atoms with Crippen LogP contribution in [0.2, 0.25) is 5.02 Å². The van der Waals surface area contributed by atoms with Crippen LogP contribution in [0.1, 0.15) is 0 Å². The molecule has 2 aliphatic heterocycles. The largest absolute Gasteiger partial charge is 0.495 e. The molecule has 8 heteroatoms. The Labute approximate surface area is 156 Å². The van der Waals surface area contributed by atoms with Crippen molar-refractivity contribution in [2.45, 2.75) is 12.1 Å². The van der Waals surface area contributed by atoms with Gasteiger partial charge in [0.25, 0.3) is 0 Å². The quantitative estimate of drug-likeness (QED) is 0.753. The molecule has 4 rings (SSSR count). The van der Waals surface area contributed by atoms with E-state index in [-0.39, 0.29) is 17.5 Å². The number of ether oxygens (including phenoxy) is 1. The highest BCUT2D eigenvalue weighted by atomic mass is 35.5. The zero-order valence-electron chi connectivity index (χ0n) is 14.0. The van der Waals surface area contributed by atoms with E-state index in [0.717, 1.165) is 0 Å². The Kier molecular flexibility index (Phi) is 4.08. The van der Waals surface area contributed by atoms with Crippen molar-refractivity contribution >= 4 is 38.8 Å². The van der Waals surface area contributed by atoms with Crippen LogP contribution < -0.4 is 14.5 Å². The van der Waals surface area contributed by atoms with Crippen molar-refractivity contribution in [3.8, 4) is 5.75 Å². The number of hydrogen-bond donors (Lipinski definition) is 0. The van der Waals surface area contributed by atoms with Gasteiger partial charge in [-0.3, -0.25) is 9.80 Å². The van der Waals surface area contributed by atoms with Crippen molar-refractivity contribution in [1.29, 1.82) is 0 Å². The molecule has 0 bridgehead atoms. The molecule has 2 saturated heterocycles. The molecule has 136 valence electrons. The number of anilines is 2. The highest BCUT2D eigenvalue weighted by molar-refractivity contribution is 7.91. The van der Waals surface area contributed by atoms with Crippen LogP contribution in [0.15, 0.2) is 48.5 Å². The number of nitrogens with zero attached hydrogens (tertiary/aromatic N) is 2. The van der Waals surface area contributed by atoms with E-state index in [1.807, 2.05) is 6.07 Å². The summed E-state index contributed by atoms with van der Waals surface area (Å²) in [5.74, 6) is 0.408. The highest BCUT2D eigenvalue weighted by Gasteiger charge is 2.54. The van der Waals surface area contributed by atoms with Crippen molar-refractivity contribution < 1.29 is 17.9 Å². The molecule has 2 aromatic carbocycles. The SMILES string of the molecule is COc1ccccc1N1C(=O)N(c2ccc(Cl)cc2)C2CS(=O)(=O)CC21. The van der Waals surface area contributed by atoms with Gasteiger partial charge in [-0.2, -0.15) is 0 Å². The van der Waals surface area contributed by atoms with Crippen molar-refractivity contribution in [2.75, 3.05) is 28.4 Å². The minimum absolute atomic E-state index is 0.0579. The standard InChI is InChI=1S/C18H17ClN2O4S/c1-25-17-5-3-2-4-14(17)21-16-11-26(23,24)10-15(16)20(18(21)22)13-8-6-12(19)7-9-13/h2-9,15-16H,10-11H2,1H3. The van der Waals surface area contributed by atoms with Crippen molar-refractivity contribution in [2.24, 2.45) is 0 Å². The molecule has 26 heavy (non-hydrogen) atoms. The maximum atomic E-state index is 13.3. The Hall–Kier alpha value is -2.25. The molecule has 2 fully saturated rings. The second-order valence-electron chi connectivity index (χ2n) is 6.38. The smallest absolute Gasteiger partial charge is 0.329 e. The number of rotatable bonds is 3. The van der Waals surface area contributed by atoms with Crippen LogP contribution in [-0.4, -0.2) is 45.1 Å². The van der Waals surface area contributed by atoms with Crippen LogP contribution in [0, 0.1) is 0 Å². The fourth-order valence-corrected chi connectivity index (χ4v) is 5.76. The first-order valence-electron chi connectivity index (χ1n) is 8.13. The maximum Gasteiger partial charge on any atom is 0.329 e. The predicted octanol–water partition coefficient (Wildman–Crippen LogP) is 2.96. The first-order valence-corrected chi connectivity index (χ1v) is 10.3. The van der Waals surface area contributed by atoms with Gasteiger partial charge in [-0.05, 0) is 36.4 Å². The highest BCUT2D eigenvalue weighted by Crippen LogP contribution is 2.41. The summed E-state index contributed by atoms with van der Waals surface area (Å²) in [6.45, 7) is 0. The van der Waals surface area contributed by atoms with E-state index in [4.69, 9.17) is 16.3 Å². The van der Waals surface area contributed by atoms with E-state index in [1.165, 1.54) is 7.11 Å². The molecule has 2 heterocycles. The van der Waals surface area contributed by atoms with Gasteiger partial charge < -0.3 is 4.74 Å². The van der Waals surface area contributed by atoms with Crippen LogP contribution in [0.25, 0.3) is 0 Å². The lowest BCUT2D eigenvalue weighted by atomic mass is 10.1. The Bertz CT molecular complexity index is 961. The average Bonchev–Trinajstić information content (AvgIpc) is 3.04. The number of para-hydroxylation sites is 2. The van der Waals surface area contributed by atoms with Gasteiger partial charge in [0.1, 0.15) is 5.75 Å². The van der Waals surface area contributed by atoms with E-state index in [0.29, 0.717) is 22.1 Å². The van der Waals surface area contributed by atoms with Crippen LogP contribution in [0.5, 0.6) is 5.75 Å². The van der Waals surface area contributed by atoms with Crippen LogP contribution in [0.4, 0.5) is 16.2 Å². The number of hydrogen-bond acceptors (Lipinski definition) is 4. The number of methoxy groups -OCH3 is 1. The molecule has 0 saturated carbocycles. The van der Waals surface area contributed by atoms with Crippen LogP contribution in [-0.2, 0) is 9.84 Å². The van der Waals surface area contributed by atoms with E-state index >= 15 is 0 Å². The van der Waals surface area contributed by atoms with Gasteiger partial charge in [0.2, 0.25) is 0 Å². The predicted molar refractivity (Wildman–Crippen MR) is 101 cm³/mol. The summed E-state index contributed by atoms with van der Waals surface area (Å²) in [7, 11) is -1.71. The number of urea groups is 1. The number of carbonyl (C=O) groups is 1. The lowest BCUT2D eigenvalue weighted by Crippen LogP contribution is -2.38. The van der Waals surface area contributed by atoms with E-state index in [2.05, 4.69) is 0 Å². The number of amides is 2. The Morgan fingerprint density at radius 1 is 1.00 bits per heavy atom. The number of benzene rings is 2. The van der Waals surface area contributed by atoms with Gasteiger partial charge in [-0.25, -0.2) is 13.2 Å². The molecular formula is C18H17ClN2O4S. The zero-order valence-corrected chi connectivity index (χ0v) is 15.6. The normalized spacial score (nSPS) is 24.0. The minimum Gasteiger partial charge on any atom is -0.495 e. The topological polar surface area (TPSA) is 66.9 Å². The molecule has 2 atom stereocenters. The number of sulfone groups is 1. The van der Waals surface area contributed by atoms with Gasteiger partial charge in [0, 0.05) is 10.7 Å². The molecule has 0 radical (unpaired) electrons. The molecular weight excluding hydrogens is 376 g/mol. The number of carbonyl (C=O) groups excluding carboxylic acids is 1. The lowest BCUT2D eigenvalue weighted by Gasteiger charge is -2.24. The molecule has 0 N–H and O–H groups in total. The van der Waals surface area contributed by atoms with Crippen molar-refractivity contribution in [3.63, 3.8) is 0 Å². The summed E-state index contributed by atoms with van der Waals surface area (Å²) in [5, 5.41) is 0.553. The maximum absolute atomic E-state index is 13.3. The van der Waals surface area contributed by atoms with E-state index < -0.39 is 21.9 Å². The van der Waals surface area contributed by atoms with Gasteiger partial charge in [-0.15, -0.1) is 0 Å². The lowest BCUT2D eigenvalue weighted by molar-refractivity contribution is 0.255. The summed E-state index contributed by atoms with van der Waals surface area (Å²) in [5.41, 5.74) is 1.20.